The van der Waals surface area contributed by atoms with Crippen molar-refractivity contribution >= 4 is 17.6 Å². The number of carbonyl (C=O) groups is 1. The molecule has 1 fully saturated rings. The van der Waals surface area contributed by atoms with E-state index in [1.54, 1.807) is 13.2 Å². The van der Waals surface area contributed by atoms with Gasteiger partial charge in [-0.1, -0.05) is 31.2 Å². The largest absolute Gasteiger partial charge is 0.477 e. The van der Waals surface area contributed by atoms with Gasteiger partial charge in [0, 0.05) is 44.0 Å². The van der Waals surface area contributed by atoms with Gasteiger partial charge in [0.2, 0.25) is 11.8 Å². The summed E-state index contributed by atoms with van der Waals surface area (Å²) < 4.78 is 5.70. The van der Waals surface area contributed by atoms with E-state index in [0.29, 0.717) is 38.0 Å². The number of hydrogen-bond acceptors (Lipinski definition) is 4. The molecule has 1 aliphatic rings. The molecular weight excluding hydrogens is 354 g/mol. The summed E-state index contributed by atoms with van der Waals surface area (Å²) in [6, 6.07) is 13.6. The lowest BCUT2D eigenvalue weighted by Crippen LogP contribution is -2.44. The Labute approximate surface area is 165 Å². The molecule has 1 amide bonds. The zero-order chi connectivity index (χ0) is 19.8. The van der Waals surface area contributed by atoms with E-state index in [0.717, 1.165) is 17.7 Å². The number of aliphatic imine (C=N–C) groups is 1. The van der Waals surface area contributed by atoms with Gasteiger partial charge in [0.15, 0.2) is 5.96 Å². The number of para-hydroxylation sites is 1. The number of carbonyl (C=O) groups excluding carboxylic acids is 1. The Morgan fingerprint density at radius 1 is 1.29 bits per heavy atom. The summed E-state index contributed by atoms with van der Waals surface area (Å²) in [7, 11) is 1.72. The first-order valence-electron chi connectivity index (χ1n) is 9.60. The minimum atomic E-state index is 0.00335. The number of hydrogen-bond donors (Lipinski definition) is 2. The molecule has 0 radical (unpaired) electrons. The van der Waals surface area contributed by atoms with Crippen LogP contribution in [0.1, 0.15) is 25.3 Å². The van der Waals surface area contributed by atoms with Gasteiger partial charge in [-0.2, -0.15) is 0 Å². The van der Waals surface area contributed by atoms with Crippen molar-refractivity contribution in [1.82, 2.24) is 15.6 Å². The highest BCUT2D eigenvalue weighted by Gasteiger charge is 2.31. The maximum absolute atomic E-state index is 12.4. The molecule has 28 heavy (non-hydrogen) atoms. The first-order chi connectivity index (χ1) is 13.7. The van der Waals surface area contributed by atoms with Gasteiger partial charge >= 0.3 is 0 Å². The maximum atomic E-state index is 12.4. The molecule has 3 rings (SSSR count). The van der Waals surface area contributed by atoms with Crippen molar-refractivity contribution in [2.24, 2.45) is 4.99 Å². The number of benzene rings is 1. The third-order valence-corrected chi connectivity index (χ3v) is 4.50. The SMILES string of the molecule is CCCOc1ncccc1CNC(=NC)NC1CC(=O)N(c2ccccc2)C1. The number of guanidine groups is 1. The molecule has 1 saturated heterocycles. The molecule has 1 aromatic heterocycles. The van der Waals surface area contributed by atoms with Crippen molar-refractivity contribution in [3.63, 3.8) is 0 Å². The highest BCUT2D eigenvalue weighted by Crippen LogP contribution is 2.21. The first kappa shape index (κ1) is 19.7. The lowest BCUT2D eigenvalue weighted by molar-refractivity contribution is -0.117. The second kappa shape index (κ2) is 9.73. The standard InChI is InChI=1S/C21H27N5O2/c1-3-12-28-20-16(8-7-11-23-20)14-24-21(22-2)25-17-13-19(27)26(15-17)18-9-5-4-6-10-18/h4-11,17H,3,12-15H2,1-2H3,(H2,22,24,25). The second-order valence-corrected chi connectivity index (χ2v) is 6.63. The molecule has 148 valence electrons. The molecule has 0 bridgehead atoms. The van der Waals surface area contributed by atoms with Crippen LogP contribution in [0.4, 0.5) is 5.69 Å². The molecule has 0 aliphatic carbocycles. The van der Waals surface area contributed by atoms with Gasteiger partial charge in [-0.05, 0) is 24.6 Å². The third-order valence-electron chi connectivity index (χ3n) is 4.50. The van der Waals surface area contributed by atoms with Gasteiger partial charge in [0.1, 0.15) is 0 Å². The number of pyridine rings is 1. The van der Waals surface area contributed by atoms with Crippen molar-refractivity contribution in [2.75, 3.05) is 25.1 Å². The van der Waals surface area contributed by atoms with Gasteiger partial charge in [-0.15, -0.1) is 0 Å². The highest BCUT2D eigenvalue weighted by molar-refractivity contribution is 5.97. The summed E-state index contributed by atoms with van der Waals surface area (Å²) in [5.41, 5.74) is 1.89. The normalized spacial score (nSPS) is 16.9. The summed E-state index contributed by atoms with van der Waals surface area (Å²) >= 11 is 0. The fraction of sp³-hybridized carbons (Fsp3) is 0.381. The average Bonchev–Trinajstić information content (AvgIpc) is 3.10. The Kier molecular flexibility index (Phi) is 6.84. The Balaban J connectivity index is 1.57. The molecule has 1 aliphatic heterocycles. The number of aromatic nitrogens is 1. The molecule has 1 unspecified atom stereocenters. The third kappa shape index (κ3) is 5.00. The molecule has 0 spiro atoms. The van der Waals surface area contributed by atoms with E-state index in [2.05, 4.69) is 27.5 Å². The Morgan fingerprint density at radius 2 is 2.11 bits per heavy atom. The van der Waals surface area contributed by atoms with Crippen molar-refractivity contribution in [3.05, 3.63) is 54.2 Å². The summed E-state index contributed by atoms with van der Waals surface area (Å²) in [5, 5.41) is 6.63. The van der Waals surface area contributed by atoms with Crippen LogP contribution in [0, 0.1) is 0 Å². The van der Waals surface area contributed by atoms with E-state index < -0.39 is 0 Å². The molecule has 1 atom stereocenters. The average molecular weight is 381 g/mol. The molecule has 1 aromatic carbocycles. The van der Waals surface area contributed by atoms with Crippen LogP contribution in [-0.2, 0) is 11.3 Å². The van der Waals surface area contributed by atoms with Crippen molar-refractivity contribution in [1.29, 1.82) is 0 Å². The predicted molar refractivity (Wildman–Crippen MR) is 111 cm³/mol. The Morgan fingerprint density at radius 3 is 2.86 bits per heavy atom. The fourth-order valence-electron chi connectivity index (χ4n) is 3.12. The lowest BCUT2D eigenvalue weighted by atomic mass is 10.2. The maximum Gasteiger partial charge on any atom is 0.229 e. The molecular formula is C21H27N5O2. The van der Waals surface area contributed by atoms with Crippen LogP contribution in [0.5, 0.6) is 5.88 Å². The molecule has 2 aromatic rings. The smallest absolute Gasteiger partial charge is 0.229 e. The van der Waals surface area contributed by atoms with E-state index in [-0.39, 0.29) is 11.9 Å². The lowest BCUT2D eigenvalue weighted by Gasteiger charge is -2.19. The summed E-state index contributed by atoms with van der Waals surface area (Å²) in [4.78, 5) is 22.8. The van der Waals surface area contributed by atoms with Crippen LogP contribution in [0.25, 0.3) is 0 Å². The van der Waals surface area contributed by atoms with Gasteiger partial charge in [0.05, 0.1) is 12.6 Å². The van der Waals surface area contributed by atoms with Gasteiger partial charge < -0.3 is 20.3 Å². The molecule has 7 heteroatoms. The van der Waals surface area contributed by atoms with Gasteiger partial charge in [0.25, 0.3) is 0 Å². The number of nitrogens with zero attached hydrogens (tertiary/aromatic N) is 3. The zero-order valence-electron chi connectivity index (χ0n) is 16.4. The van der Waals surface area contributed by atoms with E-state index >= 15 is 0 Å². The van der Waals surface area contributed by atoms with Crippen molar-refractivity contribution < 1.29 is 9.53 Å². The van der Waals surface area contributed by atoms with Crippen LogP contribution in [0.15, 0.2) is 53.7 Å². The fourth-order valence-corrected chi connectivity index (χ4v) is 3.12. The zero-order valence-corrected chi connectivity index (χ0v) is 16.4. The summed E-state index contributed by atoms with van der Waals surface area (Å²) in [6.07, 6.45) is 3.09. The van der Waals surface area contributed by atoms with E-state index in [1.807, 2.05) is 47.4 Å². The summed E-state index contributed by atoms with van der Waals surface area (Å²) in [5.74, 6) is 1.40. The van der Waals surface area contributed by atoms with Crippen LogP contribution >= 0.6 is 0 Å². The molecule has 2 heterocycles. The Bertz CT molecular complexity index is 809. The minimum absolute atomic E-state index is 0.00335. The molecule has 7 nitrogen and oxygen atoms in total. The number of anilines is 1. The second-order valence-electron chi connectivity index (χ2n) is 6.63. The van der Waals surface area contributed by atoms with E-state index in [4.69, 9.17) is 4.74 Å². The monoisotopic (exact) mass is 381 g/mol. The quantitative estimate of drug-likeness (QED) is 0.569. The highest BCUT2D eigenvalue weighted by atomic mass is 16.5. The topological polar surface area (TPSA) is 78.8 Å². The minimum Gasteiger partial charge on any atom is -0.477 e. The van der Waals surface area contributed by atoms with Gasteiger partial charge in [-0.25, -0.2) is 4.98 Å². The number of amides is 1. The molecule has 0 saturated carbocycles. The van der Waals surface area contributed by atoms with Gasteiger partial charge in [-0.3, -0.25) is 9.79 Å². The first-order valence-corrected chi connectivity index (χ1v) is 9.60. The van der Waals surface area contributed by atoms with E-state index in [1.165, 1.54) is 0 Å². The number of rotatable bonds is 7. The Hall–Kier alpha value is -3.09. The number of nitrogens with one attached hydrogen (secondary N) is 2. The summed E-state index contributed by atoms with van der Waals surface area (Å²) in [6.45, 7) is 3.85. The van der Waals surface area contributed by atoms with Crippen LogP contribution in [-0.4, -0.2) is 43.1 Å². The van der Waals surface area contributed by atoms with Crippen molar-refractivity contribution in [3.8, 4) is 5.88 Å². The number of ether oxygens (including phenoxy) is 1. The van der Waals surface area contributed by atoms with Crippen LogP contribution in [0.3, 0.4) is 0 Å². The molecule has 2 N–H and O–H groups in total. The van der Waals surface area contributed by atoms with Crippen LogP contribution < -0.4 is 20.3 Å². The van der Waals surface area contributed by atoms with E-state index in [9.17, 15) is 4.79 Å². The van der Waals surface area contributed by atoms with Crippen LogP contribution in [0.2, 0.25) is 0 Å². The van der Waals surface area contributed by atoms with Crippen molar-refractivity contribution in [2.45, 2.75) is 32.4 Å². The predicted octanol–water partition coefficient (Wildman–Crippen LogP) is 2.34.